The lowest BCUT2D eigenvalue weighted by atomic mass is 9.81. The van der Waals surface area contributed by atoms with Gasteiger partial charge in [0.15, 0.2) is 11.5 Å². The van der Waals surface area contributed by atoms with E-state index in [1.165, 1.54) is 19.1 Å². The van der Waals surface area contributed by atoms with Gasteiger partial charge >= 0.3 is 11.9 Å². The molecule has 1 atom stereocenters. The van der Waals surface area contributed by atoms with Crippen LogP contribution in [0.25, 0.3) is 11.1 Å². The predicted octanol–water partition coefficient (Wildman–Crippen LogP) is 4.07. The molecule has 184 valence electrons. The summed E-state index contributed by atoms with van der Waals surface area (Å²) in [6.07, 6.45) is 2.51. The minimum Gasteiger partial charge on any atom is -0.466 e. The van der Waals surface area contributed by atoms with Gasteiger partial charge in [0.1, 0.15) is 17.0 Å². The van der Waals surface area contributed by atoms with E-state index in [-0.39, 0.29) is 22.7 Å². The van der Waals surface area contributed by atoms with Crippen molar-refractivity contribution in [1.29, 1.82) is 5.26 Å². The molecule has 2 aromatic carbocycles. The van der Waals surface area contributed by atoms with E-state index >= 15 is 0 Å². The van der Waals surface area contributed by atoms with Crippen LogP contribution in [0.2, 0.25) is 0 Å². The molecule has 1 unspecified atom stereocenters. The molecule has 0 fully saturated rings. The van der Waals surface area contributed by atoms with Gasteiger partial charge in [-0.2, -0.15) is 5.26 Å². The Kier molecular flexibility index (Phi) is 7.06. The molecule has 0 amide bonds. The fourth-order valence-corrected chi connectivity index (χ4v) is 4.36. The van der Waals surface area contributed by atoms with Crippen LogP contribution in [0, 0.1) is 11.3 Å². The number of unbranched alkanes of at least 4 members (excludes halogenated alkanes) is 1. The highest BCUT2D eigenvalue weighted by molar-refractivity contribution is 6.08. The summed E-state index contributed by atoms with van der Waals surface area (Å²) in [5.41, 5.74) is 8.35. The van der Waals surface area contributed by atoms with Crippen LogP contribution in [0.3, 0.4) is 0 Å². The van der Waals surface area contributed by atoms with Crippen molar-refractivity contribution in [2.75, 3.05) is 19.1 Å². The van der Waals surface area contributed by atoms with Gasteiger partial charge in [-0.15, -0.1) is 0 Å². The number of rotatable bonds is 7. The molecule has 0 aliphatic carbocycles. The number of nitriles is 1. The van der Waals surface area contributed by atoms with Crippen LogP contribution in [0.4, 0.5) is 5.69 Å². The van der Waals surface area contributed by atoms with Crippen molar-refractivity contribution in [2.24, 2.45) is 5.73 Å². The number of ether oxygens (including phenoxy) is 2. The molecule has 1 aliphatic rings. The van der Waals surface area contributed by atoms with Gasteiger partial charge in [-0.25, -0.2) is 14.6 Å². The monoisotopic (exact) mass is 486 g/mol. The quantitative estimate of drug-likeness (QED) is 0.491. The zero-order valence-electron chi connectivity index (χ0n) is 20.3. The molecule has 0 saturated carbocycles. The van der Waals surface area contributed by atoms with Crippen LogP contribution in [0.5, 0.6) is 0 Å². The molecule has 2 heterocycles. The van der Waals surface area contributed by atoms with Crippen molar-refractivity contribution in [3.05, 3.63) is 82.6 Å². The van der Waals surface area contributed by atoms with Gasteiger partial charge in [-0.3, -0.25) is 4.90 Å². The first-order valence-electron chi connectivity index (χ1n) is 11.5. The van der Waals surface area contributed by atoms with E-state index in [1.54, 1.807) is 42.5 Å². The number of aryl methyl sites for hydroxylation is 1. The topological polar surface area (TPSA) is 132 Å². The molecule has 0 spiro atoms. The summed E-state index contributed by atoms with van der Waals surface area (Å²) in [6, 6.07) is 16.2. The first-order valence-corrected chi connectivity index (χ1v) is 11.5. The average Bonchev–Trinajstić information content (AvgIpc) is 3.34. The Labute approximate surface area is 208 Å². The third kappa shape index (κ3) is 4.18. The van der Waals surface area contributed by atoms with E-state index in [4.69, 9.17) is 19.6 Å². The molecule has 3 aromatic rings. The fraction of sp³-hybridized carbons (Fsp3) is 0.259. The summed E-state index contributed by atoms with van der Waals surface area (Å²) in [6.45, 7) is 2.07. The Morgan fingerprint density at radius 2 is 1.83 bits per heavy atom. The number of hydrogen-bond donors (Lipinski definition) is 1. The van der Waals surface area contributed by atoms with Crippen molar-refractivity contribution in [2.45, 2.75) is 32.1 Å². The van der Waals surface area contributed by atoms with Gasteiger partial charge in [-0.1, -0.05) is 49.7 Å². The number of benzene rings is 2. The number of fused-ring (bicyclic) bond motifs is 1. The van der Waals surface area contributed by atoms with Gasteiger partial charge in [0.25, 0.3) is 0 Å². The maximum absolute atomic E-state index is 13.2. The number of anilines is 1. The Morgan fingerprint density at radius 1 is 1.11 bits per heavy atom. The molecule has 0 radical (unpaired) electrons. The highest BCUT2D eigenvalue weighted by Crippen LogP contribution is 2.44. The van der Waals surface area contributed by atoms with Crippen LogP contribution >= 0.6 is 0 Å². The van der Waals surface area contributed by atoms with Gasteiger partial charge in [0.2, 0.25) is 0 Å². The first kappa shape index (κ1) is 24.5. The number of methoxy groups -OCH3 is 2. The van der Waals surface area contributed by atoms with Crippen molar-refractivity contribution in [3.63, 3.8) is 0 Å². The zero-order valence-corrected chi connectivity index (χ0v) is 20.3. The molecule has 9 heteroatoms. The summed E-state index contributed by atoms with van der Waals surface area (Å²) < 4.78 is 16.1. The molecule has 2 N–H and O–H groups in total. The van der Waals surface area contributed by atoms with E-state index in [2.05, 4.69) is 18.0 Å². The molecule has 4 rings (SSSR count). The third-order valence-electron chi connectivity index (χ3n) is 6.04. The van der Waals surface area contributed by atoms with Gasteiger partial charge in [0, 0.05) is 6.42 Å². The maximum atomic E-state index is 13.2. The molecular weight excluding hydrogens is 460 g/mol. The maximum Gasteiger partial charge on any atom is 0.355 e. The highest BCUT2D eigenvalue weighted by atomic mass is 16.5. The molecule has 0 saturated heterocycles. The molecule has 9 nitrogen and oxygen atoms in total. The molecular formula is C27H26N4O5. The lowest BCUT2D eigenvalue weighted by Crippen LogP contribution is -2.40. The smallest absolute Gasteiger partial charge is 0.355 e. The molecule has 0 bridgehead atoms. The SMILES string of the molecule is CCCCc1nc2c(N3C(N)=C(C#N)C(c4ccccc4)C(C(=O)OC)=C3C(=O)OC)cccc2o1. The second-order valence-electron chi connectivity index (χ2n) is 8.17. The van der Waals surface area contributed by atoms with E-state index in [9.17, 15) is 14.9 Å². The Morgan fingerprint density at radius 3 is 2.47 bits per heavy atom. The summed E-state index contributed by atoms with van der Waals surface area (Å²) in [5, 5.41) is 10.2. The number of aromatic nitrogens is 1. The van der Waals surface area contributed by atoms with E-state index < -0.39 is 17.9 Å². The number of nitrogens with zero attached hydrogens (tertiary/aromatic N) is 3. The lowest BCUT2D eigenvalue weighted by molar-refractivity contribution is -0.139. The van der Waals surface area contributed by atoms with Crippen LogP contribution in [-0.2, 0) is 25.5 Å². The largest absolute Gasteiger partial charge is 0.466 e. The minimum atomic E-state index is -0.939. The third-order valence-corrected chi connectivity index (χ3v) is 6.04. The van der Waals surface area contributed by atoms with E-state index in [0.29, 0.717) is 34.7 Å². The van der Waals surface area contributed by atoms with Crippen molar-refractivity contribution in [3.8, 4) is 6.07 Å². The van der Waals surface area contributed by atoms with Gasteiger partial charge < -0.3 is 19.6 Å². The Hall–Kier alpha value is -4.58. The summed E-state index contributed by atoms with van der Waals surface area (Å²) in [4.78, 5) is 32.4. The minimum absolute atomic E-state index is 0.0231. The normalized spacial score (nSPS) is 15.7. The number of para-hydroxylation sites is 1. The van der Waals surface area contributed by atoms with Crippen LogP contribution in [0.1, 0.15) is 37.1 Å². The fourth-order valence-electron chi connectivity index (χ4n) is 4.36. The standard InChI is InChI=1S/C27H26N4O5/c1-4-5-14-20-30-23-18(12-9-13-19(23)36-20)31-24(27(33)35-3)22(26(32)34-2)21(17(15-28)25(31)29)16-10-7-6-8-11-16/h6-13,21H,4-5,14,29H2,1-3H3. The second-order valence-corrected chi connectivity index (χ2v) is 8.17. The average molecular weight is 487 g/mol. The number of nitrogens with two attached hydrogens (primary N) is 1. The first-order chi connectivity index (χ1) is 17.5. The van der Waals surface area contributed by atoms with E-state index in [1.807, 2.05) is 6.07 Å². The number of oxazole rings is 1. The Bertz CT molecular complexity index is 1410. The van der Waals surface area contributed by atoms with Crippen molar-refractivity contribution < 1.29 is 23.5 Å². The van der Waals surface area contributed by atoms with Gasteiger partial charge in [0.05, 0.1) is 43.0 Å². The van der Waals surface area contributed by atoms with Gasteiger partial charge in [-0.05, 0) is 24.1 Å². The summed E-state index contributed by atoms with van der Waals surface area (Å²) in [7, 11) is 2.42. The number of allylic oxidation sites excluding steroid dienone is 1. The van der Waals surface area contributed by atoms with Crippen molar-refractivity contribution in [1.82, 2.24) is 4.98 Å². The molecule has 1 aromatic heterocycles. The lowest BCUT2D eigenvalue weighted by Gasteiger charge is -2.35. The molecule has 1 aliphatic heterocycles. The van der Waals surface area contributed by atoms with Crippen molar-refractivity contribution >= 4 is 28.7 Å². The summed E-state index contributed by atoms with van der Waals surface area (Å²) >= 11 is 0. The zero-order chi connectivity index (χ0) is 25.8. The second kappa shape index (κ2) is 10.4. The number of esters is 2. The number of carbonyl (C=O) groups is 2. The molecule has 36 heavy (non-hydrogen) atoms. The summed E-state index contributed by atoms with van der Waals surface area (Å²) in [5.74, 6) is -2.03. The van der Waals surface area contributed by atoms with Crippen LogP contribution < -0.4 is 10.6 Å². The number of carbonyl (C=O) groups excluding carboxylic acids is 2. The van der Waals surface area contributed by atoms with E-state index in [0.717, 1.165) is 12.8 Å². The van der Waals surface area contributed by atoms with Crippen LogP contribution in [0.15, 0.2) is 75.6 Å². The van der Waals surface area contributed by atoms with Crippen LogP contribution in [-0.4, -0.2) is 31.1 Å². The predicted molar refractivity (Wildman–Crippen MR) is 132 cm³/mol. The Balaban J connectivity index is 2.05. The number of hydrogen-bond acceptors (Lipinski definition) is 9. The highest BCUT2D eigenvalue weighted by Gasteiger charge is 2.43.